The van der Waals surface area contributed by atoms with Crippen LogP contribution in [0.25, 0.3) is 22.6 Å². The molecule has 25 heavy (non-hydrogen) atoms. The van der Waals surface area contributed by atoms with Crippen molar-refractivity contribution in [3.8, 4) is 11.6 Å². The van der Waals surface area contributed by atoms with Crippen molar-refractivity contribution >= 4 is 11.0 Å². The van der Waals surface area contributed by atoms with Gasteiger partial charge in [0.05, 0.1) is 11.9 Å². The Morgan fingerprint density at radius 1 is 1.16 bits per heavy atom. The summed E-state index contributed by atoms with van der Waals surface area (Å²) in [6.45, 7) is 4.25. The molecule has 4 aromatic rings. The fraction of sp³-hybridized carbons (Fsp3) is 0.222. The highest BCUT2D eigenvalue weighted by Crippen LogP contribution is 2.27. The minimum atomic E-state index is -0.275. The Morgan fingerprint density at radius 2 is 2.00 bits per heavy atom. The van der Waals surface area contributed by atoms with Crippen LogP contribution in [0, 0.1) is 5.82 Å². The molecule has 4 rings (SSSR count). The molecule has 0 fully saturated rings. The summed E-state index contributed by atoms with van der Waals surface area (Å²) in [4.78, 5) is 8.80. The molecule has 6 nitrogen and oxygen atoms in total. The monoisotopic (exact) mass is 337 g/mol. The Bertz CT molecular complexity index is 1040. The molecule has 0 bridgehead atoms. The standard InChI is InChI=1S/C18H16FN5O/c1-11(2)16-21-18(25-23-16)15-13-7-5-9-20-17(13)24(22-15)10-12-6-3-4-8-14(12)19/h3-9,11H,10H2,1-2H3. The Balaban J connectivity index is 1.82. The van der Waals surface area contributed by atoms with Crippen molar-refractivity contribution in [1.29, 1.82) is 0 Å². The molecule has 0 amide bonds. The van der Waals surface area contributed by atoms with Gasteiger partial charge in [-0.25, -0.2) is 14.1 Å². The number of fused-ring (bicyclic) bond motifs is 1. The van der Waals surface area contributed by atoms with Gasteiger partial charge in [-0.15, -0.1) is 0 Å². The second kappa shape index (κ2) is 6.08. The average molecular weight is 337 g/mol. The molecule has 0 saturated carbocycles. The summed E-state index contributed by atoms with van der Waals surface area (Å²) in [6.07, 6.45) is 1.68. The number of rotatable bonds is 4. The average Bonchev–Trinajstić information content (AvgIpc) is 3.22. The van der Waals surface area contributed by atoms with E-state index in [1.807, 2.05) is 26.0 Å². The van der Waals surface area contributed by atoms with Crippen LogP contribution in [0.5, 0.6) is 0 Å². The highest BCUT2D eigenvalue weighted by molar-refractivity contribution is 5.88. The van der Waals surface area contributed by atoms with Crippen molar-refractivity contribution in [3.63, 3.8) is 0 Å². The second-order valence-corrected chi connectivity index (χ2v) is 6.08. The summed E-state index contributed by atoms with van der Waals surface area (Å²) in [5.74, 6) is 0.843. The van der Waals surface area contributed by atoms with Gasteiger partial charge in [-0.2, -0.15) is 10.1 Å². The van der Waals surface area contributed by atoms with Crippen molar-refractivity contribution in [3.05, 3.63) is 59.8 Å². The first kappa shape index (κ1) is 15.4. The normalized spacial score (nSPS) is 11.5. The quantitative estimate of drug-likeness (QED) is 0.566. The first-order valence-electron chi connectivity index (χ1n) is 8.02. The van der Waals surface area contributed by atoms with Crippen molar-refractivity contribution in [2.75, 3.05) is 0 Å². The van der Waals surface area contributed by atoms with Crippen molar-refractivity contribution in [2.24, 2.45) is 0 Å². The van der Waals surface area contributed by atoms with Crippen molar-refractivity contribution in [1.82, 2.24) is 24.9 Å². The number of aromatic nitrogens is 5. The van der Waals surface area contributed by atoms with Crippen molar-refractivity contribution in [2.45, 2.75) is 26.3 Å². The maximum Gasteiger partial charge on any atom is 0.279 e. The van der Waals surface area contributed by atoms with E-state index in [0.717, 1.165) is 5.39 Å². The van der Waals surface area contributed by atoms with Crippen LogP contribution in [0.1, 0.15) is 31.2 Å². The number of hydrogen-bond acceptors (Lipinski definition) is 5. The van der Waals surface area contributed by atoms with E-state index in [-0.39, 0.29) is 18.3 Å². The third-order valence-corrected chi connectivity index (χ3v) is 3.95. The zero-order valence-electron chi connectivity index (χ0n) is 13.8. The second-order valence-electron chi connectivity index (χ2n) is 6.08. The van der Waals surface area contributed by atoms with Crippen LogP contribution >= 0.6 is 0 Å². The third kappa shape index (κ3) is 2.77. The van der Waals surface area contributed by atoms with E-state index in [1.54, 1.807) is 29.1 Å². The molecule has 3 aromatic heterocycles. The number of nitrogens with zero attached hydrogens (tertiary/aromatic N) is 5. The van der Waals surface area contributed by atoms with Crippen LogP contribution in [-0.4, -0.2) is 24.9 Å². The summed E-state index contributed by atoms with van der Waals surface area (Å²) in [7, 11) is 0. The Labute approximate surface area is 143 Å². The van der Waals surface area contributed by atoms with Gasteiger partial charge in [0.25, 0.3) is 5.89 Å². The molecule has 0 unspecified atom stereocenters. The van der Waals surface area contributed by atoms with Gasteiger partial charge in [-0.1, -0.05) is 37.2 Å². The van der Waals surface area contributed by atoms with Crippen molar-refractivity contribution < 1.29 is 8.91 Å². The minimum absolute atomic E-state index is 0.155. The molecule has 0 atom stereocenters. The van der Waals surface area contributed by atoms with E-state index < -0.39 is 0 Å². The fourth-order valence-corrected chi connectivity index (χ4v) is 2.63. The van der Waals surface area contributed by atoms with Gasteiger partial charge < -0.3 is 4.52 Å². The van der Waals surface area contributed by atoms with Gasteiger partial charge in [0.1, 0.15) is 5.82 Å². The van der Waals surface area contributed by atoms with Crippen LogP contribution < -0.4 is 0 Å². The maximum absolute atomic E-state index is 14.0. The largest absolute Gasteiger partial charge is 0.332 e. The van der Waals surface area contributed by atoms with Gasteiger partial charge in [-0.05, 0) is 18.2 Å². The lowest BCUT2D eigenvalue weighted by atomic mass is 10.2. The molecule has 3 heterocycles. The Morgan fingerprint density at radius 3 is 2.76 bits per heavy atom. The lowest BCUT2D eigenvalue weighted by Gasteiger charge is -2.04. The summed E-state index contributed by atoms with van der Waals surface area (Å²) < 4.78 is 21.0. The molecular weight excluding hydrogens is 321 g/mol. The molecule has 0 aliphatic carbocycles. The fourth-order valence-electron chi connectivity index (χ4n) is 2.63. The van der Waals surface area contributed by atoms with E-state index in [0.29, 0.717) is 28.6 Å². The predicted octanol–water partition coefficient (Wildman–Crippen LogP) is 3.79. The zero-order chi connectivity index (χ0) is 17.4. The summed E-state index contributed by atoms with van der Waals surface area (Å²) in [6, 6.07) is 10.3. The molecule has 0 spiro atoms. The third-order valence-electron chi connectivity index (χ3n) is 3.95. The lowest BCUT2D eigenvalue weighted by molar-refractivity contribution is 0.417. The predicted molar refractivity (Wildman–Crippen MR) is 90.4 cm³/mol. The highest BCUT2D eigenvalue weighted by atomic mass is 19.1. The first-order chi connectivity index (χ1) is 12.1. The van der Waals surface area contributed by atoms with Crippen LogP contribution in [0.4, 0.5) is 4.39 Å². The molecule has 0 N–H and O–H groups in total. The molecular formula is C18H16FN5O. The number of halogens is 1. The van der Waals surface area contributed by atoms with E-state index in [9.17, 15) is 4.39 Å². The van der Waals surface area contributed by atoms with Gasteiger partial charge in [0, 0.05) is 17.7 Å². The molecule has 0 radical (unpaired) electrons. The van der Waals surface area contributed by atoms with Crippen LogP contribution in [0.3, 0.4) is 0 Å². The molecule has 1 aromatic carbocycles. The molecule has 7 heteroatoms. The van der Waals surface area contributed by atoms with E-state index in [2.05, 4.69) is 20.2 Å². The molecule has 0 aliphatic heterocycles. The smallest absolute Gasteiger partial charge is 0.279 e. The maximum atomic E-state index is 14.0. The first-order valence-corrected chi connectivity index (χ1v) is 8.02. The van der Waals surface area contributed by atoms with Gasteiger partial charge in [0.15, 0.2) is 17.2 Å². The molecule has 0 aliphatic rings. The SMILES string of the molecule is CC(C)c1noc(-c2nn(Cc3ccccc3F)c3ncccc23)n1. The van der Waals surface area contributed by atoms with E-state index >= 15 is 0 Å². The summed E-state index contributed by atoms with van der Waals surface area (Å²) >= 11 is 0. The number of hydrogen-bond donors (Lipinski definition) is 0. The Kier molecular flexibility index (Phi) is 3.76. The minimum Gasteiger partial charge on any atom is -0.332 e. The van der Waals surface area contributed by atoms with E-state index in [1.165, 1.54) is 6.07 Å². The molecule has 0 saturated heterocycles. The van der Waals surface area contributed by atoms with E-state index in [4.69, 9.17) is 4.52 Å². The Hall–Kier alpha value is -3.09. The van der Waals surface area contributed by atoms with Gasteiger partial charge in [-0.3, -0.25) is 0 Å². The number of pyridine rings is 1. The number of benzene rings is 1. The topological polar surface area (TPSA) is 69.6 Å². The zero-order valence-corrected chi connectivity index (χ0v) is 13.8. The van der Waals surface area contributed by atoms with Crippen LogP contribution in [0.2, 0.25) is 0 Å². The van der Waals surface area contributed by atoms with Crippen LogP contribution in [-0.2, 0) is 6.54 Å². The highest BCUT2D eigenvalue weighted by Gasteiger charge is 2.20. The van der Waals surface area contributed by atoms with Crippen LogP contribution in [0.15, 0.2) is 47.1 Å². The molecule has 126 valence electrons. The summed E-state index contributed by atoms with van der Waals surface area (Å²) in [5.41, 5.74) is 1.74. The van der Waals surface area contributed by atoms with Gasteiger partial charge in [0.2, 0.25) is 0 Å². The summed E-state index contributed by atoms with van der Waals surface area (Å²) in [5, 5.41) is 9.34. The van der Waals surface area contributed by atoms with Gasteiger partial charge >= 0.3 is 0 Å². The lowest BCUT2D eigenvalue weighted by Crippen LogP contribution is -2.04.